The largest absolute Gasteiger partial charge is 0.381 e. The van der Waals surface area contributed by atoms with Gasteiger partial charge >= 0.3 is 0 Å². The summed E-state index contributed by atoms with van der Waals surface area (Å²) in [5, 5.41) is 33.8. The maximum absolute atomic E-state index is 13.9. The van der Waals surface area contributed by atoms with Crippen molar-refractivity contribution in [3.63, 3.8) is 0 Å². The lowest BCUT2D eigenvalue weighted by Crippen LogP contribution is -2.54. The summed E-state index contributed by atoms with van der Waals surface area (Å²) in [6.45, 7) is 1.98. The average Bonchev–Trinajstić information content (AvgIpc) is 3.29. The molecule has 0 spiro atoms. The first-order valence-electron chi connectivity index (χ1n) is 12.5. The Hall–Kier alpha value is -4.61. The number of anilines is 2. The fourth-order valence-corrected chi connectivity index (χ4v) is 4.63. The van der Waals surface area contributed by atoms with Crippen molar-refractivity contribution in [1.82, 2.24) is 20.4 Å². The van der Waals surface area contributed by atoms with Crippen molar-refractivity contribution in [1.29, 1.82) is 10.5 Å². The predicted octanol–water partition coefficient (Wildman–Crippen LogP) is 3.66. The van der Waals surface area contributed by atoms with E-state index < -0.39 is 12.1 Å². The number of halogens is 2. The van der Waals surface area contributed by atoms with Crippen LogP contribution in [-0.4, -0.2) is 47.3 Å². The van der Waals surface area contributed by atoms with E-state index in [1.165, 1.54) is 0 Å². The third-order valence-corrected chi connectivity index (χ3v) is 6.84. The fraction of sp³-hybridized carbons (Fsp3) is 0.207. The predicted molar refractivity (Wildman–Crippen MR) is 162 cm³/mol. The molecular formula is C29H28Cl2N8O2. The highest BCUT2D eigenvalue weighted by Crippen LogP contribution is 2.33. The zero-order valence-corrected chi connectivity index (χ0v) is 23.9. The maximum Gasteiger partial charge on any atom is 0.251 e. The number of nitrogens with zero attached hydrogens (tertiary/aromatic N) is 5. The number of carbonyl (C=O) groups excluding carboxylic acids is 2. The van der Waals surface area contributed by atoms with E-state index in [9.17, 15) is 20.1 Å². The van der Waals surface area contributed by atoms with E-state index in [0.717, 1.165) is 10.9 Å². The molecule has 12 heteroatoms. The monoisotopic (exact) mass is 590 g/mol. The average molecular weight is 592 g/mol. The number of amides is 2. The molecule has 0 bridgehead atoms. The molecule has 4 aromatic rings. The molecule has 0 saturated heterocycles. The molecular weight excluding hydrogens is 563 g/mol. The van der Waals surface area contributed by atoms with Gasteiger partial charge in [0.15, 0.2) is 0 Å². The van der Waals surface area contributed by atoms with E-state index in [4.69, 9.17) is 5.10 Å². The zero-order chi connectivity index (χ0) is 27.5. The highest BCUT2D eigenvalue weighted by atomic mass is 35.5. The van der Waals surface area contributed by atoms with Gasteiger partial charge in [-0.3, -0.25) is 9.59 Å². The Morgan fingerprint density at radius 2 is 1.80 bits per heavy atom. The summed E-state index contributed by atoms with van der Waals surface area (Å²) in [5.74, 6) is -0.609. The molecule has 2 amide bonds. The van der Waals surface area contributed by atoms with Crippen LogP contribution in [0, 0.1) is 22.7 Å². The molecule has 0 saturated carbocycles. The molecule has 1 aliphatic heterocycles. The number of para-hydroxylation sites is 2. The molecule has 10 nitrogen and oxygen atoms in total. The fourth-order valence-electron chi connectivity index (χ4n) is 4.63. The molecule has 3 N–H and O–H groups in total. The minimum Gasteiger partial charge on any atom is -0.381 e. The van der Waals surface area contributed by atoms with Gasteiger partial charge in [-0.25, -0.2) is 4.68 Å². The molecule has 1 aromatic heterocycles. The molecule has 0 fully saturated rings. The topological polar surface area (TPSA) is 139 Å². The number of carbonyl (C=O) groups is 2. The first kappa shape index (κ1) is 30.9. The lowest BCUT2D eigenvalue weighted by Gasteiger charge is -2.25. The standard InChI is InChI=1S/C29H26N8O2.2ClH/c1-18(32-2)28(38)34-23-16-33-22-13-19(14-30)11-12-27(22)36(29(23)39)17-24-21-8-4-6-10-26(21)37(35-24)25-9-5-3-7-20(25)15-31;;/h3-13,18,23,32-33H,16-17H2,1-2H3,(H,34,38);2*1H. The first-order valence-corrected chi connectivity index (χ1v) is 12.5. The van der Waals surface area contributed by atoms with Crippen LogP contribution in [0.25, 0.3) is 16.6 Å². The molecule has 0 radical (unpaired) electrons. The molecule has 0 aliphatic carbocycles. The van der Waals surface area contributed by atoms with E-state index >= 15 is 0 Å². The number of hydrogen-bond acceptors (Lipinski definition) is 7. The zero-order valence-electron chi connectivity index (χ0n) is 22.3. The van der Waals surface area contributed by atoms with Gasteiger partial charge in [-0.1, -0.05) is 30.3 Å². The summed E-state index contributed by atoms with van der Waals surface area (Å²) >= 11 is 0. The molecule has 2 heterocycles. The second-order valence-corrected chi connectivity index (χ2v) is 9.23. The van der Waals surface area contributed by atoms with Crippen molar-refractivity contribution in [2.45, 2.75) is 25.6 Å². The van der Waals surface area contributed by atoms with Crippen molar-refractivity contribution >= 4 is 58.9 Å². The van der Waals surface area contributed by atoms with Gasteiger partial charge in [0.2, 0.25) is 5.91 Å². The molecule has 2 unspecified atom stereocenters. The Labute approximate surface area is 249 Å². The van der Waals surface area contributed by atoms with E-state index in [0.29, 0.717) is 33.9 Å². The Kier molecular flexibility index (Phi) is 9.93. The Bertz CT molecular complexity index is 1670. The molecule has 41 heavy (non-hydrogen) atoms. The maximum atomic E-state index is 13.9. The lowest BCUT2D eigenvalue weighted by molar-refractivity contribution is -0.128. The van der Waals surface area contributed by atoms with Crippen molar-refractivity contribution in [2.24, 2.45) is 0 Å². The summed E-state index contributed by atoms with van der Waals surface area (Å²) in [5.41, 5.74) is 4.16. The molecule has 3 aromatic carbocycles. The molecule has 2 atom stereocenters. The normalized spacial score (nSPS) is 14.7. The van der Waals surface area contributed by atoms with Crippen LogP contribution in [-0.2, 0) is 16.1 Å². The van der Waals surface area contributed by atoms with Gasteiger partial charge in [0.05, 0.1) is 58.1 Å². The minimum atomic E-state index is -0.848. The highest BCUT2D eigenvalue weighted by Gasteiger charge is 2.33. The van der Waals surface area contributed by atoms with Gasteiger partial charge in [-0.15, -0.1) is 24.8 Å². The SMILES string of the molecule is CNC(C)C(=O)NC1CNc2cc(C#N)ccc2N(Cc2nn(-c3ccccc3C#N)c3ccccc23)C1=O.Cl.Cl. The molecule has 5 rings (SSSR count). The smallest absolute Gasteiger partial charge is 0.251 e. The van der Waals surface area contributed by atoms with E-state index in [-0.39, 0.29) is 49.7 Å². The van der Waals surface area contributed by atoms with Crippen LogP contribution in [0.4, 0.5) is 11.4 Å². The first-order chi connectivity index (χ1) is 18.9. The van der Waals surface area contributed by atoms with Crippen LogP contribution in [0.3, 0.4) is 0 Å². The Morgan fingerprint density at radius 1 is 1.07 bits per heavy atom. The lowest BCUT2D eigenvalue weighted by atomic mass is 10.1. The number of aromatic nitrogens is 2. The summed E-state index contributed by atoms with van der Waals surface area (Å²) in [7, 11) is 1.68. The molecule has 1 aliphatic rings. The Morgan fingerprint density at radius 3 is 2.54 bits per heavy atom. The number of benzene rings is 3. The van der Waals surface area contributed by atoms with Crippen molar-refractivity contribution in [3.8, 4) is 17.8 Å². The number of likely N-dealkylation sites (N-methyl/N-ethyl adjacent to an activating group) is 1. The number of fused-ring (bicyclic) bond motifs is 2. The summed E-state index contributed by atoms with van der Waals surface area (Å²) in [6, 6.07) is 22.9. The van der Waals surface area contributed by atoms with E-state index in [1.54, 1.807) is 53.9 Å². The molecule has 210 valence electrons. The van der Waals surface area contributed by atoms with Gasteiger partial charge in [0.1, 0.15) is 12.1 Å². The Balaban J connectivity index is 0.00000231. The second-order valence-electron chi connectivity index (χ2n) is 9.23. The number of rotatable bonds is 6. The quantitative estimate of drug-likeness (QED) is 0.311. The summed E-state index contributed by atoms with van der Waals surface area (Å²) < 4.78 is 1.72. The van der Waals surface area contributed by atoms with Gasteiger partial charge in [0, 0.05) is 11.9 Å². The third-order valence-electron chi connectivity index (χ3n) is 6.84. The van der Waals surface area contributed by atoms with Crippen LogP contribution < -0.4 is 20.9 Å². The van der Waals surface area contributed by atoms with Crippen LogP contribution in [0.2, 0.25) is 0 Å². The number of nitrogens with one attached hydrogen (secondary N) is 3. The van der Waals surface area contributed by atoms with Gasteiger partial charge in [0.25, 0.3) is 5.91 Å². The number of hydrogen-bond donors (Lipinski definition) is 3. The number of nitriles is 2. The van der Waals surface area contributed by atoms with Crippen LogP contribution in [0.1, 0.15) is 23.7 Å². The van der Waals surface area contributed by atoms with Crippen LogP contribution >= 0.6 is 24.8 Å². The van der Waals surface area contributed by atoms with Crippen molar-refractivity contribution in [3.05, 3.63) is 83.6 Å². The van der Waals surface area contributed by atoms with Gasteiger partial charge < -0.3 is 20.9 Å². The second kappa shape index (κ2) is 13.2. The van der Waals surface area contributed by atoms with Crippen LogP contribution in [0.15, 0.2) is 66.7 Å². The van der Waals surface area contributed by atoms with Gasteiger partial charge in [-0.2, -0.15) is 15.6 Å². The van der Waals surface area contributed by atoms with E-state index in [1.807, 2.05) is 36.4 Å². The van der Waals surface area contributed by atoms with E-state index in [2.05, 4.69) is 28.1 Å². The summed E-state index contributed by atoms with van der Waals surface area (Å²) in [6.07, 6.45) is 0. The highest BCUT2D eigenvalue weighted by molar-refractivity contribution is 6.04. The minimum absolute atomic E-state index is 0. The van der Waals surface area contributed by atoms with Gasteiger partial charge in [-0.05, 0) is 50.4 Å². The van der Waals surface area contributed by atoms with Crippen LogP contribution in [0.5, 0.6) is 0 Å². The summed E-state index contributed by atoms with van der Waals surface area (Å²) in [4.78, 5) is 28.2. The van der Waals surface area contributed by atoms with Crippen molar-refractivity contribution < 1.29 is 9.59 Å². The third kappa shape index (κ3) is 5.96. The van der Waals surface area contributed by atoms with Crippen molar-refractivity contribution in [2.75, 3.05) is 23.8 Å².